The zero-order valence-corrected chi connectivity index (χ0v) is 15.5. The molecule has 0 radical (unpaired) electrons. The second kappa shape index (κ2) is 9.36. The predicted octanol–water partition coefficient (Wildman–Crippen LogP) is 3.00. The molecule has 0 aromatic heterocycles. The van der Waals surface area contributed by atoms with Crippen LogP contribution in [0.15, 0.2) is 42.5 Å². The van der Waals surface area contributed by atoms with Crippen LogP contribution in [0.2, 0.25) is 0 Å². The summed E-state index contributed by atoms with van der Waals surface area (Å²) in [6.45, 7) is 2.28. The number of ketones is 1. The molecule has 26 heavy (non-hydrogen) atoms. The van der Waals surface area contributed by atoms with Crippen LogP contribution < -0.4 is 15.4 Å². The number of hydrogen-bond donors (Lipinski definition) is 2. The van der Waals surface area contributed by atoms with Gasteiger partial charge in [0.1, 0.15) is 5.75 Å². The van der Waals surface area contributed by atoms with Crippen LogP contribution in [0.25, 0.3) is 0 Å². The van der Waals surface area contributed by atoms with Crippen LogP contribution >= 0.6 is 12.4 Å². The van der Waals surface area contributed by atoms with Gasteiger partial charge in [-0.05, 0) is 41.0 Å². The van der Waals surface area contributed by atoms with Crippen LogP contribution in [0, 0.1) is 0 Å². The molecule has 0 saturated carbocycles. The predicted molar refractivity (Wildman–Crippen MR) is 103 cm³/mol. The van der Waals surface area contributed by atoms with Gasteiger partial charge in [0.2, 0.25) is 5.91 Å². The minimum Gasteiger partial charge on any atom is -0.497 e. The Morgan fingerprint density at radius 1 is 1.04 bits per heavy atom. The van der Waals surface area contributed by atoms with Crippen molar-refractivity contribution < 1.29 is 14.3 Å². The molecule has 6 heteroatoms. The smallest absolute Gasteiger partial charge is 0.220 e. The van der Waals surface area contributed by atoms with Crippen LogP contribution in [-0.2, 0) is 24.4 Å². The first-order valence-electron chi connectivity index (χ1n) is 8.41. The number of carbonyl (C=O) groups is 2. The molecule has 0 fully saturated rings. The fraction of sp³-hybridized carbons (Fsp3) is 0.300. The number of methoxy groups -OCH3 is 1. The Balaban J connectivity index is 0.00000243. The van der Waals surface area contributed by atoms with Gasteiger partial charge in [-0.25, -0.2) is 0 Å². The van der Waals surface area contributed by atoms with Crippen molar-refractivity contribution in [1.82, 2.24) is 10.6 Å². The van der Waals surface area contributed by atoms with Crippen molar-refractivity contribution in [3.8, 4) is 5.75 Å². The van der Waals surface area contributed by atoms with E-state index in [-0.39, 0.29) is 36.9 Å². The zero-order chi connectivity index (χ0) is 17.6. The average Bonchev–Trinajstić information content (AvgIpc) is 3.12. The van der Waals surface area contributed by atoms with E-state index in [0.717, 1.165) is 18.7 Å². The summed E-state index contributed by atoms with van der Waals surface area (Å²) in [6, 6.07) is 13.2. The van der Waals surface area contributed by atoms with E-state index < -0.39 is 0 Å². The third kappa shape index (κ3) is 5.07. The van der Waals surface area contributed by atoms with Crippen LogP contribution in [-0.4, -0.2) is 18.8 Å². The van der Waals surface area contributed by atoms with E-state index in [4.69, 9.17) is 4.74 Å². The molecule has 2 aromatic carbocycles. The second-order valence-electron chi connectivity index (χ2n) is 6.14. The van der Waals surface area contributed by atoms with Gasteiger partial charge in [0, 0.05) is 38.0 Å². The van der Waals surface area contributed by atoms with Crippen molar-refractivity contribution in [2.75, 3.05) is 7.11 Å². The minimum atomic E-state index is -0.111. The van der Waals surface area contributed by atoms with Crippen molar-refractivity contribution in [2.24, 2.45) is 0 Å². The average molecular weight is 375 g/mol. The molecule has 1 amide bonds. The van der Waals surface area contributed by atoms with E-state index in [9.17, 15) is 9.59 Å². The molecule has 138 valence electrons. The maximum atomic E-state index is 12.1. The molecule has 0 aliphatic carbocycles. The fourth-order valence-corrected chi connectivity index (χ4v) is 2.90. The Morgan fingerprint density at radius 3 is 2.50 bits per heavy atom. The van der Waals surface area contributed by atoms with Crippen molar-refractivity contribution in [1.29, 1.82) is 0 Å². The highest BCUT2D eigenvalue weighted by Crippen LogP contribution is 2.17. The lowest BCUT2D eigenvalue weighted by Crippen LogP contribution is -2.23. The first-order chi connectivity index (χ1) is 12.2. The number of hydrogen-bond acceptors (Lipinski definition) is 4. The standard InChI is InChI=1S/C20H22N2O3.ClH/c1-25-18-6-4-15(5-7-18)19(23)8-9-20(24)22-11-14-2-3-16-12-21-13-17(16)10-14;/h2-7,10,21H,8-9,11-13H2,1H3,(H,22,24);1H. The van der Waals surface area contributed by atoms with Crippen molar-refractivity contribution in [3.63, 3.8) is 0 Å². The summed E-state index contributed by atoms with van der Waals surface area (Å²) in [5.41, 5.74) is 4.29. The second-order valence-corrected chi connectivity index (χ2v) is 6.14. The molecule has 1 aliphatic heterocycles. The summed E-state index contributed by atoms with van der Waals surface area (Å²) >= 11 is 0. The summed E-state index contributed by atoms with van der Waals surface area (Å²) in [7, 11) is 1.58. The highest BCUT2D eigenvalue weighted by Gasteiger charge is 2.12. The molecule has 1 heterocycles. The number of rotatable bonds is 7. The maximum absolute atomic E-state index is 12.1. The number of nitrogens with one attached hydrogen (secondary N) is 2. The molecule has 0 unspecified atom stereocenters. The number of halogens is 1. The number of benzene rings is 2. The van der Waals surface area contributed by atoms with Gasteiger partial charge in [-0.15, -0.1) is 12.4 Å². The molecule has 5 nitrogen and oxygen atoms in total. The molecule has 0 spiro atoms. The highest BCUT2D eigenvalue weighted by molar-refractivity contribution is 5.98. The molecule has 2 aromatic rings. The van der Waals surface area contributed by atoms with Gasteiger partial charge in [0.25, 0.3) is 0 Å². The van der Waals surface area contributed by atoms with Gasteiger partial charge in [0.15, 0.2) is 5.78 Å². The van der Waals surface area contributed by atoms with Gasteiger partial charge < -0.3 is 15.4 Å². The Kier molecular flexibility index (Phi) is 7.18. The maximum Gasteiger partial charge on any atom is 0.220 e. The molecular weight excluding hydrogens is 352 g/mol. The van der Waals surface area contributed by atoms with Crippen molar-refractivity contribution in [2.45, 2.75) is 32.5 Å². The van der Waals surface area contributed by atoms with E-state index >= 15 is 0 Å². The third-order valence-electron chi connectivity index (χ3n) is 4.38. The SMILES string of the molecule is COc1ccc(C(=O)CCC(=O)NCc2ccc3c(c2)CNC3)cc1.Cl. The fourth-order valence-electron chi connectivity index (χ4n) is 2.90. The number of Topliss-reactive ketones (excluding diaryl/α,β-unsaturated/α-hetero) is 1. The number of fused-ring (bicyclic) bond motifs is 1. The highest BCUT2D eigenvalue weighted by atomic mass is 35.5. The lowest BCUT2D eigenvalue weighted by Gasteiger charge is -2.07. The molecule has 0 atom stereocenters. The van der Waals surface area contributed by atoms with Crippen molar-refractivity contribution >= 4 is 24.1 Å². The quantitative estimate of drug-likeness (QED) is 0.731. The molecule has 3 rings (SSSR count). The summed E-state index contributed by atoms with van der Waals surface area (Å²) in [6.07, 6.45) is 0.392. The third-order valence-corrected chi connectivity index (χ3v) is 4.38. The summed E-state index contributed by atoms with van der Waals surface area (Å²) in [4.78, 5) is 24.1. The largest absolute Gasteiger partial charge is 0.497 e. The first kappa shape index (κ1) is 19.9. The normalized spacial score (nSPS) is 12.0. The van der Waals surface area contributed by atoms with E-state index in [1.807, 2.05) is 6.07 Å². The molecule has 0 saturated heterocycles. The number of carbonyl (C=O) groups excluding carboxylic acids is 2. The summed E-state index contributed by atoms with van der Waals surface area (Å²) < 4.78 is 5.07. The summed E-state index contributed by atoms with van der Waals surface area (Å²) in [5, 5.41) is 6.19. The van der Waals surface area contributed by atoms with Gasteiger partial charge in [-0.3, -0.25) is 9.59 Å². The summed E-state index contributed by atoms with van der Waals surface area (Å²) in [5.74, 6) is 0.556. The number of amides is 1. The van der Waals surface area contributed by atoms with Crippen LogP contribution in [0.1, 0.15) is 39.9 Å². The Hall–Kier alpha value is -2.37. The zero-order valence-electron chi connectivity index (χ0n) is 14.7. The topological polar surface area (TPSA) is 67.4 Å². The van der Waals surface area contributed by atoms with Crippen LogP contribution in [0.3, 0.4) is 0 Å². The van der Waals surface area contributed by atoms with E-state index in [0.29, 0.717) is 17.9 Å². The molecule has 0 bridgehead atoms. The molecular formula is C20H23ClN2O3. The molecule has 2 N–H and O–H groups in total. The lowest BCUT2D eigenvalue weighted by atomic mass is 10.1. The Bertz CT molecular complexity index is 775. The minimum absolute atomic E-state index is 0. The Morgan fingerprint density at radius 2 is 1.77 bits per heavy atom. The lowest BCUT2D eigenvalue weighted by molar-refractivity contribution is -0.121. The Labute approximate surface area is 159 Å². The van der Waals surface area contributed by atoms with E-state index in [2.05, 4.69) is 22.8 Å². The van der Waals surface area contributed by atoms with Gasteiger partial charge in [-0.2, -0.15) is 0 Å². The van der Waals surface area contributed by atoms with E-state index in [1.165, 1.54) is 11.1 Å². The van der Waals surface area contributed by atoms with Gasteiger partial charge >= 0.3 is 0 Å². The van der Waals surface area contributed by atoms with Crippen LogP contribution in [0.4, 0.5) is 0 Å². The van der Waals surface area contributed by atoms with Gasteiger partial charge in [-0.1, -0.05) is 18.2 Å². The monoisotopic (exact) mass is 374 g/mol. The van der Waals surface area contributed by atoms with Crippen LogP contribution in [0.5, 0.6) is 5.75 Å². The van der Waals surface area contributed by atoms with E-state index in [1.54, 1.807) is 31.4 Å². The van der Waals surface area contributed by atoms with Crippen molar-refractivity contribution in [3.05, 3.63) is 64.7 Å². The van der Waals surface area contributed by atoms with Gasteiger partial charge in [0.05, 0.1) is 7.11 Å². The first-order valence-corrected chi connectivity index (χ1v) is 8.41. The number of ether oxygens (including phenoxy) is 1. The molecule has 1 aliphatic rings.